The third kappa shape index (κ3) is 3.67. The molecule has 2 heterocycles. The maximum atomic E-state index is 11.5. The molecule has 1 saturated heterocycles. The molecule has 5 nitrogen and oxygen atoms in total. The maximum absolute atomic E-state index is 11.5. The molecule has 1 saturated carbocycles. The van der Waals surface area contributed by atoms with E-state index in [0.29, 0.717) is 25.0 Å². The summed E-state index contributed by atoms with van der Waals surface area (Å²) in [7, 11) is -3.03. The number of sulfonamides is 1. The van der Waals surface area contributed by atoms with Crippen molar-refractivity contribution in [1.29, 1.82) is 0 Å². The van der Waals surface area contributed by atoms with E-state index in [0.717, 1.165) is 36.8 Å². The molecule has 21 heavy (non-hydrogen) atoms. The minimum absolute atomic E-state index is 0.372. The van der Waals surface area contributed by atoms with E-state index in [4.69, 9.17) is 4.42 Å². The summed E-state index contributed by atoms with van der Waals surface area (Å²) in [5, 5.41) is 3.48. The van der Waals surface area contributed by atoms with E-state index in [2.05, 4.69) is 24.4 Å². The minimum atomic E-state index is -3.03. The second kappa shape index (κ2) is 5.74. The normalized spacial score (nSPS) is 27.9. The van der Waals surface area contributed by atoms with Crippen LogP contribution in [0.1, 0.15) is 43.6 Å². The minimum Gasteiger partial charge on any atom is -0.464 e. The summed E-state index contributed by atoms with van der Waals surface area (Å²) in [6, 6.07) is 4.52. The quantitative estimate of drug-likeness (QED) is 0.902. The topological polar surface area (TPSA) is 62.6 Å². The maximum Gasteiger partial charge on any atom is 0.211 e. The van der Waals surface area contributed by atoms with Crippen LogP contribution in [0.2, 0.25) is 0 Å². The van der Waals surface area contributed by atoms with E-state index in [-0.39, 0.29) is 0 Å². The van der Waals surface area contributed by atoms with Crippen molar-refractivity contribution in [3.8, 4) is 0 Å². The molecule has 1 aromatic heterocycles. The smallest absolute Gasteiger partial charge is 0.211 e. The Balaban J connectivity index is 1.45. The second-order valence-corrected chi connectivity index (χ2v) is 8.42. The Hall–Kier alpha value is -0.850. The van der Waals surface area contributed by atoms with Crippen LogP contribution in [0, 0.1) is 5.92 Å². The van der Waals surface area contributed by atoms with Gasteiger partial charge in [0.25, 0.3) is 0 Å². The average molecular weight is 312 g/mol. The molecule has 2 fully saturated rings. The molecule has 118 valence electrons. The van der Waals surface area contributed by atoms with Gasteiger partial charge in [-0.3, -0.25) is 0 Å². The van der Waals surface area contributed by atoms with Gasteiger partial charge in [-0.25, -0.2) is 12.7 Å². The van der Waals surface area contributed by atoms with Crippen molar-refractivity contribution in [1.82, 2.24) is 9.62 Å². The van der Waals surface area contributed by atoms with Crippen LogP contribution < -0.4 is 5.32 Å². The Morgan fingerprint density at radius 3 is 2.57 bits per heavy atom. The fourth-order valence-corrected chi connectivity index (χ4v) is 3.92. The molecule has 0 amide bonds. The van der Waals surface area contributed by atoms with Crippen molar-refractivity contribution in [2.75, 3.05) is 19.3 Å². The van der Waals surface area contributed by atoms with Gasteiger partial charge in [0.15, 0.2) is 0 Å². The van der Waals surface area contributed by atoms with Crippen molar-refractivity contribution in [3.63, 3.8) is 0 Å². The van der Waals surface area contributed by atoms with E-state index in [1.54, 1.807) is 4.31 Å². The third-order valence-electron chi connectivity index (χ3n) is 4.65. The Labute approximate surface area is 126 Å². The van der Waals surface area contributed by atoms with Crippen molar-refractivity contribution in [3.05, 3.63) is 23.7 Å². The number of nitrogens with one attached hydrogen (secondary N) is 1. The van der Waals surface area contributed by atoms with Gasteiger partial charge in [0.05, 0.1) is 12.8 Å². The van der Waals surface area contributed by atoms with Crippen LogP contribution in [0.15, 0.2) is 16.5 Å². The predicted molar refractivity (Wildman–Crippen MR) is 81.5 cm³/mol. The first-order valence-corrected chi connectivity index (χ1v) is 9.55. The highest BCUT2D eigenvalue weighted by molar-refractivity contribution is 7.88. The Morgan fingerprint density at radius 2 is 2.00 bits per heavy atom. The highest BCUT2D eigenvalue weighted by atomic mass is 32.2. The lowest BCUT2D eigenvalue weighted by Crippen LogP contribution is -2.44. The molecule has 2 aliphatic rings. The lowest BCUT2D eigenvalue weighted by molar-refractivity contribution is 0.284. The molecule has 0 aromatic carbocycles. The van der Waals surface area contributed by atoms with E-state index >= 15 is 0 Å². The van der Waals surface area contributed by atoms with Gasteiger partial charge in [0, 0.05) is 25.0 Å². The van der Waals surface area contributed by atoms with Gasteiger partial charge < -0.3 is 9.73 Å². The molecule has 1 aromatic rings. The molecular formula is C15H24N2O3S. The van der Waals surface area contributed by atoms with Crippen molar-refractivity contribution >= 4 is 10.0 Å². The van der Waals surface area contributed by atoms with Crippen LogP contribution in [0.3, 0.4) is 0 Å². The summed E-state index contributed by atoms with van der Waals surface area (Å²) in [4.78, 5) is 0. The first-order valence-electron chi connectivity index (χ1n) is 7.70. The van der Waals surface area contributed by atoms with E-state index in [1.807, 2.05) is 0 Å². The Bertz CT molecular complexity index is 588. The summed E-state index contributed by atoms with van der Waals surface area (Å²) in [5.74, 6) is 3.48. The van der Waals surface area contributed by atoms with E-state index < -0.39 is 10.0 Å². The molecule has 1 aliphatic heterocycles. The Morgan fingerprint density at radius 1 is 1.33 bits per heavy atom. The van der Waals surface area contributed by atoms with Gasteiger partial charge in [-0.1, -0.05) is 6.92 Å². The molecule has 2 atom stereocenters. The summed E-state index contributed by atoms with van der Waals surface area (Å²) in [5.41, 5.74) is 0. The van der Waals surface area contributed by atoms with Crippen LogP contribution in [0.25, 0.3) is 0 Å². The first-order chi connectivity index (χ1) is 9.93. The zero-order valence-corrected chi connectivity index (χ0v) is 13.5. The number of piperidine rings is 1. The zero-order valence-electron chi connectivity index (χ0n) is 12.7. The summed E-state index contributed by atoms with van der Waals surface area (Å²) in [6.45, 7) is 4.20. The number of rotatable bonds is 5. The average Bonchev–Trinajstić information content (AvgIpc) is 2.99. The number of hydrogen-bond donors (Lipinski definition) is 1. The molecular weight excluding hydrogens is 288 g/mol. The van der Waals surface area contributed by atoms with Crippen molar-refractivity contribution in [2.45, 2.75) is 44.7 Å². The van der Waals surface area contributed by atoms with Crippen LogP contribution in [-0.2, 0) is 16.6 Å². The van der Waals surface area contributed by atoms with Crippen molar-refractivity contribution in [2.24, 2.45) is 5.92 Å². The summed E-state index contributed by atoms with van der Waals surface area (Å²) < 4.78 is 30.4. The van der Waals surface area contributed by atoms with Gasteiger partial charge in [-0.2, -0.15) is 0 Å². The number of nitrogens with zero attached hydrogens (tertiary/aromatic N) is 1. The molecule has 3 rings (SSSR count). The molecule has 1 aliphatic carbocycles. The fraction of sp³-hybridized carbons (Fsp3) is 0.733. The van der Waals surface area contributed by atoms with Gasteiger partial charge in [-0.15, -0.1) is 0 Å². The molecule has 0 radical (unpaired) electrons. The van der Waals surface area contributed by atoms with Gasteiger partial charge >= 0.3 is 0 Å². The van der Waals surface area contributed by atoms with Crippen LogP contribution >= 0.6 is 0 Å². The lowest BCUT2D eigenvalue weighted by atomic mass is 10.1. The van der Waals surface area contributed by atoms with Gasteiger partial charge in [-0.05, 0) is 37.3 Å². The summed E-state index contributed by atoms with van der Waals surface area (Å²) in [6.07, 6.45) is 4.24. The van der Waals surface area contributed by atoms with Gasteiger partial charge in [0.2, 0.25) is 10.0 Å². The van der Waals surface area contributed by atoms with Crippen LogP contribution in [0.4, 0.5) is 0 Å². The first kappa shape index (κ1) is 15.1. The fourth-order valence-electron chi connectivity index (χ4n) is 3.04. The molecule has 0 spiro atoms. The van der Waals surface area contributed by atoms with Crippen molar-refractivity contribution < 1.29 is 12.8 Å². The monoisotopic (exact) mass is 312 g/mol. The zero-order chi connectivity index (χ0) is 15.0. The molecule has 1 N–H and O–H groups in total. The van der Waals surface area contributed by atoms with E-state index in [1.165, 1.54) is 12.7 Å². The van der Waals surface area contributed by atoms with E-state index in [9.17, 15) is 8.42 Å². The largest absolute Gasteiger partial charge is 0.464 e. The number of furan rings is 1. The molecule has 0 bridgehead atoms. The van der Waals surface area contributed by atoms with Gasteiger partial charge in [0.1, 0.15) is 11.5 Å². The molecule has 2 unspecified atom stereocenters. The standard InChI is InChI=1S/C15H24N2O3S/c1-11-9-14(11)15-4-3-13(20-15)10-16-12-5-7-17(8-6-12)21(2,18)19/h3-4,11-12,14,16H,5-10H2,1-2H3. The summed E-state index contributed by atoms with van der Waals surface area (Å²) >= 11 is 0. The van der Waals surface area contributed by atoms with Crippen LogP contribution in [-0.4, -0.2) is 38.1 Å². The van der Waals surface area contributed by atoms with Crippen LogP contribution in [0.5, 0.6) is 0 Å². The Kier molecular flexibility index (Phi) is 4.12. The lowest BCUT2D eigenvalue weighted by Gasteiger charge is -2.30. The highest BCUT2D eigenvalue weighted by Crippen LogP contribution is 2.47. The third-order valence-corrected chi connectivity index (χ3v) is 5.95. The number of hydrogen-bond acceptors (Lipinski definition) is 4. The highest BCUT2D eigenvalue weighted by Gasteiger charge is 2.36. The molecule has 6 heteroatoms. The predicted octanol–water partition coefficient (Wildman–Crippen LogP) is 1.92. The SMILES string of the molecule is CC1CC1c1ccc(CNC2CCN(S(C)(=O)=O)CC2)o1. The second-order valence-electron chi connectivity index (χ2n) is 6.44.